The van der Waals surface area contributed by atoms with E-state index in [4.69, 9.17) is 5.73 Å². The quantitative estimate of drug-likeness (QED) is 0.645. The van der Waals surface area contributed by atoms with Crippen molar-refractivity contribution in [2.24, 2.45) is 10.7 Å². The van der Waals surface area contributed by atoms with E-state index in [2.05, 4.69) is 10.3 Å². The van der Waals surface area contributed by atoms with Crippen molar-refractivity contribution >= 4 is 16.8 Å². The highest BCUT2D eigenvalue weighted by Gasteiger charge is 2.13. The molecule has 1 fully saturated rings. The minimum Gasteiger partial charge on any atom is -0.370 e. The lowest BCUT2D eigenvalue weighted by molar-refractivity contribution is 0.412. The normalized spacial score (nSPS) is 18.7. The molecule has 0 saturated heterocycles. The van der Waals surface area contributed by atoms with Crippen LogP contribution in [-0.4, -0.2) is 28.5 Å². The van der Waals surface area contributed by atoms with Crippen LogP contribution in [0.1, 0.15) is 32.1 Å². The van der Waals surface area contributed by atoms with Crippen LogP contribution >= 0.6 is 0 Å². The fourth-order valence-electron chi connectivity index (χ4n) is 2.44. The maximum Gasteiger partial charge on any atom is 0.188 e. The van der Waals surface area contributed by atoms with Gasteiger partial charge in [-0.05, 0) is 25.0 Å². The minimum atomic E-state index is -0.997. The van der Waals surface area contributed by atoms with Crippen molar-refractivity contribution in [3.63, 3.8) is 0 Å². The Morgan fingerprint density at radius 2 is 1.95 bits per heavy atom. The van der Waals surface area contributed by atoms with E-state index < -0.39 is 10.8 Å². The van der Waals surface area contributed by atoms with Gasteiger partial charge in [0.05, 0.1) is 17.3 Å². The van der Waals surface area contributed by atoms with E-state index in [1.807, 2.05) is 30.3 Å². The third kappa shape index (κ3) is 4.96. The van der Waals surface area contributed by atoms with Gasteiger partial charge in [0, 0.05) is 16.7 Å². The lowest BCUT2D eigenvalue weighted by Crippen LogP contribution is -2.41. The molecule has 1 aromatic carbocycles. The number of guanidine groups is 1. The van der Waals surface area contributed by atoms with Gasteiger partial charge in [-0.3, -0.25) is 9.20 Å². The van der Waals surface area contributed by atoms with Crippen molar-refractivity contribution in [3.8, 4) is 0 Å². The van der Waals surface area contributed by atoms with Gasteiger partial charge in [0.25, 0.3) is 0 Å². The van der Waals surface area contributed by atoms with E-state index in [1.54, 1.807) is 0 Å². The summed E-state index contributed by atoms with van der Waals surface area (Å²) < 4.78 is 12.0. The maximum atomic E-state index is 12.0. The first-order valence-electron chi connectivity index (χ1n) is 7.25. The number of nitrogens with two attached hydrogens (primary N) is 1. The third-order valence-electron chi connectivity index (χ3n) is 3.52. The SMILES string of the molecule is NC(=NCCS(=O)c1ccccc1)NC1CCCCC1. The van der Waals surface area contributed by atoms with E-state index in [0.717, 1.165) is 4.90 Å². The predicted octanol–water partition coefficient (Wildman–Crippen LogP) is 2.03. The van der Waals surface area contributed by atoms with Crippen molar-refractivity contribution in [2.75, 3.05) is 12.3 Å². The van der Waals surface area contributed by atoms with Gasteiger partial charge in [0.2, 0.25) is 0 Å². The second-order valence-corrected chi connectivity index (χ2v) is 6.68. The number of benzene rings is 1. The van der Waals surface area contributed by atoms with Gasteiger partial charge >= 0.3 is 0 Å². The molecule has 2 rings (SSSR count). The number of aliphatic imine (C=N–C) groups is 1. The van der Waals surface area contributed by atoms with Gasteiger partial charge in [-0.15, -0.1) is 0 Å². The standard InChI is InChI=1S/C15H23N3OS/c16-15(18-13-7-3-1-4-8-13)17-11-12-20(19)14-9-5-2-6-10-14/h2,5-6,9-10,13H,1,3-4,7-8,11-12H2,(H3,16,17,18). The van der Waals surface area contributed by atoms with Crippen LogP contribution in [0.5, 0.6) is 0 Å². The van der Waals surface area contributed by atoms with Crippen molar-refractivity contribution in [2.45, 2.75) is 43.0 Å². The van der Waals surface area contributed by atoms with E-state index >= 15 is 0 Å². The Kier molecular flexibility index (Phi) is 6.05. The summed E-state index contributed by atoms with van der Waals surface area (Å²) in [7, 11) is -0.997. The molecule has 3 N–H and O–H groups in total. The zero-order valence-corrected chi connectivity index (χ0v) is 12.6. The van der Waals surface area contributed by atoms with Gasteiger partial charge in [-0.1, -0.05) is 37.5 Å². The third-order valence-corrected chi connectivity index (χ3v) is 4.87. The highest BCUT2D eigenvalue weighted by molar-refractivity contribution is 7.85. The zero-order chi connectivity index (χ0) is 14.2. The molecule has 0 amide bonds. The van der Waals surface area contributed by atoms with Crippen LogP contribution in [0.15, 0.2) is 40.2 Å². The average Bonchev–Trinajstić information content (AvgIpc) is 2.49. The first kappa shape index (κ1) is 15.0. The number of hydrogen-bond acceptors (Lipinski definition) is 2. The summed E-state index contributed by atoms with van der Waals surface area (Å²) in [6, 6.07) is 9.94. The van der Waals surface area contributed by atoms with Crippen LogP contribution in [0.2, 0.25) is 0 Å². The van der Waals surface area contributed by atoms with Crippen LogP contribution in [0.3, 0.4) is 0 Å². The Morgan fingerprint density at radius 3 is 2.65 bits per heavy atom. The molecule has 1 aliphatic rings. The van der Waals surface area contributed by atoms with Gasteiger partial charge < -0.3 is 11.1 Å². The summed E-state index contributed by atoms with van der Waals surface area (Å²) in [4.78, 5) is 5.12. The first-order valence-corrected chi connectivity index (χ1v) is 8.57. The van der Waals surface area contributed by atoms with Crippen LogP contribution in [0, 0.1) is 0 Å². The molecular weight excluding hydrogens is 270 g/mol. The van der Waals surface area contributed by atoms with Crippen molar-refractivity contribution < 1.29 is 4.21 Å². The summed E-state index contributed by atoms with van der Waals surface area (Å²) >= 11 is 0. The van der Waals surface area contributed by atoms with Crippen LogP contribution in [0.25, 0.3) is 0 Å². The molecule has 5 heteroatoms. The largest absolute Gasteiger partial charge is 0.370 e. The summed E-state index contributed by atoms with van der Waals surface area (Å²) in [5.41, 5.74) is 5.87. The fourth-order valence-corrected chi connectivity index (χ4v) is 3.39. The number of hydrogen-bond donors (Lipinski definition) is 2. The summed E-state index contributed by atoms with van der Waals surface area (Å²) in [6.45, 7) is 0.493. The molecule has 1 atom stereocenters. The van der Waals surface area contributed by atoms with E-state index in [0.29, 0.717) is 24.3 Å². The summed E-state index contributed by atoms with van der Waals surface area (Å²) in [5, 5.41) is 3.26. The van der Waals surface area contributed by atoms with E-state index in [-0.39, 0.29) is 0 Å². The molecule has 4 nitrogen and oxygen atoms in total. The van der Waals surface area contributed by atoms with Gasteiger partial charge in [0.15, 0.2) is 5.96 Å². The highest BCUT2D eigenvalue weighted by atomic mass is 32.2. The number of rotatable bonds is 5. The molecule has 1 saturated carbocycles. The maximum absolute atomic E-state index is 12.0. The molecule has 20 heavy (non-hydrogen) atoms. The lowest BCUT2D eigenvalue weighted by atomic mass is 9.96. The van der Waals surface area contributed by atoms with E-state index in [1.165, 1.54) is 32.1 Å². The molecule has 0 heterocycles. The molecule has 0 spiro atoms. The number of nitrogens with zero attached hydrogens (tertiary/aromatic N) is 1. The van der Waals surface area contributed by atoms with Crippen LogP contribution < -0.4 is 11.1 Å². The topological polar surface area (TPSA) is 67.5 Å². The Balaban J connectivity index is 1.73. The van der Waals surface area contributed by atoms with Crippen molar-refractivity contribution in [1.82, 2.24) is 5.32 Å². The van der Waals surface area contributed by atoms with Gasteiger partial charge in [0.1, 0.15) is 0 Å². The molecule has 0 aliphatic heterocycles. The Morgan fingerprint density at radius 1 is 1.25 bits per heavy atom. The minimum absolute atomic E-state index is 0.465. The monoisotopic (exact) mass is 293 g/mol. The molecule has 1 unspecified atom stereocenters. The summed E-state index contributed by atoms with van der Waals surface area (Å²) in [5.74, 6) is 0.999. The second-order valence-electron chi connectivity index (χ2n) is 5.11. The molecule has 1 aromatic rings. The van der Waals surface area contributed by atoms with Crippen molar-refractivity contribution in [1.29, 1.82) is 0 Å². The van der Waals surface area contributed by atoms with Gasteiger partial charge in [-0.2, -0.15) is 0 Å². The molecule has 0 aromatic heterocycles. The Labute approximate surface area is 123 Å². The van der Waals surface area contributed by atoms with Gasteiger partial charge in [-0.25, -0.2) is 0 Å². The molecule has 110 valence electrons. The molecule has 0 bridgehead atoms. The van der Waals surface area contributed by atoms with Crippen molar-refractivity contribution in [3.05, 3.63) is 30.3 Å². The Bertz CT molecular complexity index is 455. The van der Waals surface area contributed by atoms with Crippen LogP contribution in [-0.2, 0) is 10.8 Å². The van der Waals surface area contributed by atoms with E-state index in [9.17, 15) is 4.21 Å². The Hall–Kier alpha value is -1.36. The smallest absolute Gasteiger partial charge is 0.188 e. The highest BCUT2D eigenvalue weighted by Crippen LogP contribution is 2.16. The fraction of sp³-hybridized carbons (Fsp3) is 0.533. The number of nitrogens with one attached hydrogen (secondary N) is 1. The lowest BCUT2D eigenvalue weighted by Gasteiger charge is -2.23. The zero-order valence-electron chi connectivity index (χ0n) is 11.8. The molecule has 1 aliphatic carbocycles. The molecular formula is C15H23N3OS. The predicted molar refractivity (Wildman–Crippen MR) is 84.2 cm³/mol. The molecule has 0 radical (unpaired) electrons. The second kappa shape index (κ2) is 8.04. The first-order chi connectivity index (χ1) is 9.75. The average molecular weight is 293 g/mol. The van der Waals surface area contributed by atoms with Crippen LogP contribution in [0.4, 0.5) is 0 Å². The summed E-state index contributed by atoms with van der Waals surface area (Å²) in [6.07, 6.45) is 6.20.